The quantitative estimate of drug-likeness (QED) is 0.391. The minimum Gasteiger partial charge on any atom is -0.493 e. The standard InChI is InChI=1S/C25H23FN2O4/c1-29-22-11-5-16(13-24(22)31-3)20-15-21(17-6-12-23(30-2)25(14-17)32-4)28(27-20)19-9-7-18(26)8-10-19/h5-15H,1-4H3. The summed E-state index contributed by atoms with van der Waals surface area (Å²) in [4.78, 5) is 0. The van der Waals surface area contributed by atoms with Gasteiger partial charge in [0.1, 0.15) is 5.82 Å². The van der Waals surface area contributed by atoms with E-state index in [9.17, 15) is 4.39 Å². The molecule has 1 heterocycles. The molecule has 0 atom stereocenters. The van der Waals surface area contributed by atoms with Crippen LogP contribution in [0.5, 0.6) is 23.0 Å². The van der Waals surface area contributed by atoms with E-state index >= 15 is 0 Å². The van der Waals surface area contributed by atoms with E-state index in [-0.39, 0.29) is 5.82 Å². The number of hydrogen-bond donors (Lipinski definition) is 0. The predicted molar refractivity (Wildman–Crippen MR) is 121 cm³/mol. The van der Waals surface area contributed by atoms with Crippen molar-refractivity contribution >= 4 is 0 Å². The molecule has 0 saturated carbocycles. The molecule has 0 aliphatic heterocycles. The lowest BCUT2D eigenvalue weighted by molar-refractivity contribution is 0.355. The normalized spacial score (nSPS) is 10.7. The molecule has 0 saturated heterocycles. The van der Waals surface area contributed by atoms with Gasteiger partial charge in [-0.25, -0.2) is 9.07 Å². The second kappa shape index (κ2) is 9.01. The van der Waals surface area contributed by atoms with Crippen molar-refractivity contribution in [1.82, 2.24) is 9.78 Å². The Bertz CT molecular complexity index is 1240. The Labute approximate surface area is 185 Å². The van der Waals surface area contributed by atoms with Crippen molar-refractivity contribution in [2.24, 2.45) is 0 Å². The molecule has 0 bridgehead atoms. The van der Waals surface area contributed by atoms with Gasteiger partial charge in [0.25, 0.3) is 0 Å². The molecule has 0 N–H and O–H groups in total. The molecule has 4 rings (SSSR count). The average Bonchev–Trinajstić information content (AvgIpc) is 3.29. The number of halogens is 1. The highest BCUT2D eigenvalue weighted by molar-refractivity contribution is 5.73. The fourth-order valence-electron chi connectivity index (χ4n) is 3.50. The van der Waals surface area contributed by atoms with Gasteiger partial charge in [-0.15, -0.1) is 0 Å². The molecule has 1 aromatic heterocycles. The highest BCUT2D eigenvalue weighted by atomic mass is 19.1. The second-order valence-electron chi connectivity index (χ2n) is 6.94. The van der Waals surface area contributed by atoms with Crippen LogP contribution in [0.1, 0.15) is 0 Å². The van der Waals surface area contributed by atoms with Gasteiger partial charge in [-0.3, -0.25) is 0 Å². The van der Waals surface area contributed by atoms with Crippen LogP contribution in [0.25, 0.3) is 28.2 Å². The van der Waals surface area contributed by atoms with Gasteiger partial charge in [-0.1, -0.05) is 0 Å². The highest BCUT2D eigenvalue weighted by Gasteiger charge is 2.17. The molecule has 3 aromatic carbocycles. The zero-order valence-corrected chi connectivity index (χ0v) is 18.3. The Morgan fingerprint density at radius 1 is 0.625 bits per heavy atom. The monoisotopic (exact) mass is 434 g/mol. The van der Waals surface area contributed by atoms with Gasteiger partial charge >= 0.3 is 0 Å². The number of aromatic nitrogens is 2. The maximum absolute atomic E-state index is 13.5. The Hall–Kier alpha value is -4.00. The molecule has 0 aliphatic carbocycles. The van der Waals surface area contributed by atoms with Crippen LogP contribution in [0.2, 0.25) is 0 Å². The van der Waals surface area contributed by atoms with Crippen LogP contribution in [-0.4, -0.2) is 38.2 Å². The summed E-state index contributed by atoms with van der Waals surface area (Å²) in [5.74, 6) is 2.16. The van der Waals surface area contributed by atoms with Crippen LogP contribution in [0.3, 0.4) is 0 Å². The summed E-state index contributed by atoms with van der Waals surface area (Å²) in [6, 6.07) is 19.4. The molecule has 164 valence electrons. The number of hydrogen-bond acceptors (Lipinski definition) is 5. The zero-order chi connectivity index (χ0) is 22.7. The molecular formula is C25H23FN2O4. The van der Waals surface area contributed by atoms with E-state index in [4.69, 9.17) is 24.0 Å². The van der Waals surface area contributed by atoms with E-state index in [1.165, 1.54) is 12.1 Å². The molecule has 4 aromatic rings. The Kier molecular flexibility index (Phi) is 5.98. The fraction of sp³-hybridized carbons (Fsp3) is 0.160. The summed E-state index contributed by atoms with van der Waals surface area (Å²) in [6.45, 7) is 0. The van der Waals surface area contributed by atoms with Crippen LogP contribution < -0.4 is 18.9 Å². The third-order valence-corrected chi connectivity index (χ3v) is 5.14. The smallest absolute Gasteiger partial charge is 0.161 e. The van der Waals surface area contributed by atoms with E-state index in [1.807, 2.05) is 42.5 Å². The summed E-state index contributed by atoms with van der Waals surface area (Å²) in [6.07, 6.45) is 0. The first-order valence-electron chi connectivity index (χ1n) is 9.88. The van der Waals surface area contributed by atoms with Crippen molar-refractivity contribution < 1.29 is 23.3 Å². The second-order valence-corrected chi connectivity index (χ2v) is 6.94. The lowest BCUT2D eigenvalue weighted by Gasteiger charge is -2.11. The van der Waals surface area contributed by atoms with Crippen molar-refractivity contribution in [3.63, 3.8) is 0 Å². The summed E-state index contributed by atoms with van der Waals surface area (Å²) in [7, 11) is 6.37. The summed E-state index contributed by atoms with van der Waals surface area (Å²) >= 11 is 0. The van der Waals surface area contributed by atoms with Crippen LogP contribution in [-0.2, 0) is 0 Å². The third-order valence-electron chi connectivity index (χ3n) is 5.14. The molecule has 6 nitrogen and oxygen atoms in total. The van der Waals surface area contributed by atoms with E-state index in [2.05, 4.69) is 0 Å². The zero-order valence-electron chi connectivity index (χ0n) is 18.3. The summed E-state index contributed by atoms with van der Waals surface area (Å²) < 4.78 is 36.9. The van der Waals surface area contributed by atoms with E-state index in [0.29, 0.717) is 23.0 Å². The van der Waals surface area contributed by atoms with Crippen molar-refractivity contribution in [3.05, 3.63) is 72.5 Å². The summed E-state index contributed by atoms with van der Waals surface area (Å²) in [5, 5.41) is 4.81. The largest absolute Gasteiger partial charge is 0.493 e. The first-order chi connectivity index (χ1) is 15.6. The van der Waals surface area contributed by atoms with Crippen molar-refractivity contribution in [2.45, 2.75) is 0 Å². The van der Waals surface area contributed by atoms with Crippen LogP contribution in [0.15, 0.2) is 66.7 Å². The fourth-order valence-corrected chi connectivity index (χ4v) is 3.50. The predicted octanol–water partition coefficient (Wildman–Crippen LogP) is 5.38. The molecule has 0 unspecified atom stereocenters. The van der Waals surface area contributed by atoms with Crippen molar-refractivity contribution in [3.8, 4) is 51.2 Å². The number of rotatable bonds is 7. The molecule has 0 aliphatic rings. The lowest BCUT2D eigenvalue weighted by Crippen LogP contribution is -2.00. The number of ether oxygens (including phenoxy) is 4. The van der Waals surface area contributed by atoms with E-state index in [0.717, 1.165) is 28.2 Å². The van der Waals surface area contributed by atoms with E-state index < -0.39 is 0 Å². The first kappa shape index (κ1) is 21.2. The SMILES string of the molecule is COc1ccc(-c2cc(-c3ccc(OC)c(OC)c3)n(-c3ccc(F)cc3)n2)cc1OC. The minimum absolute atomic E-state index is 0.311. The van der Waals surface area contributed by atoms with Gasteiger partial charge in [0, 0.05) is 11.1 Å². The van der Waals surface area contributed by atoms with E-state index in [1.54, 1.807) is 45.3 Å². The molecule has 0 fully saturated rings. The van der Waals surface area contributed by atoms with Gasteiger partial charge < -0.3 is 18.9 Å². The molecule has 7 heteroatoms. The highest BCUT2D eigenvalue weighted by Crippen LogP contribution is 2.37. The van der Waals surface area contributed by atoms with Gasteiger partial charge in [-0.2, -0.15) is 5.10 Å². The Morgan fingerprint density at radius 3 is 1.72 bits per heavy atom. The molecule has 0 amide bonds. The lowest BCUT2D eigenvalue weighted by atomic mass is 10.1. The number of benzene rings is 3. The van der Waals surface area contributed by atoms with Crippen molar-refractivity contribution in [2.75, 3.05) is 28.4 Å². The Morgan fingerprint density at radius 2 is 1.16 bits per heavy atom. The van der Waals surface area contributed by atoms with Gasteiger partial charge in [0.15, 0.2) is 23.0 Å². The molecule has 0 radical (unpaired) electrons. The van der Waals surface area contributed by atoms with Crippen molar-refractivity contribution in [1.29, 1.82) is 0 Å². The van der Waals surface area contributed by atoms with Crippen LogP contribution >= 0.6 is 0 Å². The van der Waals surface area contributed by atoms with Gasteiger partial charge in [-0.05, 0) is 66.7 Å². The topological polar surface area (TPSA) is 54.7 Å². The summed E-state index contributed by atoms with van der Waals surface area (Å²) in [5.41, 5.74) is 3.97. The maximum Gasteiger partial charge on any atom is 0.161 e. The first-order valence-corrected chi connectivity index (χ1v) is 9.88. The van der Waals surface area contributed by atoms with Gasteiger partial charge in [0.05, 0.1) is 45.5 Å². The van der Waals surface area contributed by atoms with Crippen LogP contribution in [0.4, 0.5) is 4.39 Å². The van der Waals surface area contributed by atoms with Gasteiger partial charge in [0.2, 0.25) is 0 Å². The average molecular weight is 434 g/mol. The molecule has 0 spiro atoms. The number of methoxy groups -OCH3 is 4. The number of nitrogens with zero attached hydrogens (tertiary/aromatic N) is 2. The maximum atomic E-state index is 13.5. The molecular weight excluding hydrogens is 411 g/mol. The minimum atomic E-state index is -0.311. The molecule has 32 heavy (non-hydrogen) atoms. The Balaban J connectivity index is 1.89. The van der Waals surface area contributed by atoms with Crippen LogP contribution in [0, 0.1) is 5.82 Å². The third kappa shape index (κ3) is 3.97.